The van der Waals surface area contributed by atoms with Crippen LogP contribution in [0.5, 0.6) is 0 Å². The number of benzene rings is 1. The minimum atomic E-state index is -3.55. The van der Waals surface area contributed by atoms with Crippen LogP contribution >= 0.6 is 12.4 Å². The van der Waals surface area contributed by atoms with Crippen molar-refractivity contribution in [1.82, 2.24) is 9.62 Å². The van der Waals surface area contributed by atoms with Crippen LogP contribution in [-0.4, -0.2) is 38.9 Å². The topological polar surface area (TPSA) is 49.4 Å². The van der Waals surface area contributed by atoms with Gasteiger partial charge in [-0.2, -0.15) is 4.31 Å². The summed E-state index contributed by atoms with van der Waals surface area (Å²) < 4.78 is 41.0. The van der Waals surface area contributed by atoms with E-state index in [1.165, 1.54) is 12.1 Å². The maximum Gasteiger partial charge on any atom is 0.243 e. The van der Waals surface area contributed by atoms with E-state index in [1.807, 2.05) is 0 Å². The van der Waals surface area contributed by atoms with E-state index in [1.54, 1.807) is 18.2 Å². The molecule has 1 N–H and O–H groups in total. The molecule has 0 aliphatic carbocycles. The molecular formula is C16H24ClFN2O2S. The summed E-state index contributed by atoms with van der Waals surface area (Å²) in [4.78, 5) is 0.278. The molecule has 2 fully saturated rings. The second-order valence-corrected chi connectivity index (χ2v) is 8.58. The SMILES string of the molecule is Cc1cc(F)cc(C)c1S(=O)(=O)N1CCC2(CCNCC2)C1.Cl. The van der Waals surface area contributed by atoms with Crippen molar-refractivity contribution in [3.63, 3.8) is 0 Å². The summed E-state index contributed by atoms with van der Waals surface area (Å²) >= 11 is 0. The predicted octanol–water partition coefficient (Wildman–Crippen LogP) is 2.63. The molecule has 1 spiro atoms. The zero-order valence-corrected chi connectivity index (χ0v) is 15.2. The quantitative estimate of drug-likeness (QED) is 0.879. The first-order valence-corrected chi connectivity index (χ1v) is 9.26. The second kappa shape index (κ2) is 6.67. The Morgan fingerprint density at radius 1 is 1.13 bits per heavy atom. The number of aryl methyl sites for hydroxylation is 2. The molecule has 0 atom stereocenters. The number of hydrogen-bond donors (Lipinski definition) is 1. The fourth-order valence-electron chi connectivity index (χ4n) is 3.90. The van der Waals surface area contributed by atoms with Crippen LogP contribution in [0, 0.1) is 25.1 Å². The Bertz CT molecular complexity index is 664. The fourth-order valence-corrected chi connectivity index (χ4v) is 5.86. The molecule has 0 aromatic heterocycles. The van der Waals surface area contributed by atoms with Crippen molar-refractivity contribution >= 4 is 22.4 Å². The van der Waals surface area contributed by atoms with Gasteiger partial charge in [0.25, 0.3) is 0 Å². The summed E-state index contributed by atoms with van der Waals surface area (Å²) in [6.07, 6.45) is 2.98. The fraction of sp³-hybridized carbons (Fsp3) is 0.625. The molecule has 7 heteroatoms. The summed E-state index contributed by atoms with van der Waals surface area (Å²) in [6, 6.07) is 2.60. The Labute approximate surface area is 143 Å². The highest BCUT2D eigenvalue weighted by atomic mass is 35.5. The van der Waals surface area contributed by atoms with Crippen LogP contribution in [0.15, 0.2) is 17.0 Å². The molecule has 0 bridgehead atoms. The third-order valence-corrected chi connectivity index (χ3v) is 7.24. The first-order chi connectivity index (χ1) is 10.3. The highest BCUT2D eigenvalue weighted by Crippen LogP contribution is 2.41. The minimum Gasteiger partial charge on any atom is -0.317 e. The molecule has 2 saturated heterocycles. The van der Waals surface area contributed by atoms with Gasteiger partial charge in [0.05, 0.1) is 4.90 Å². The standard InChI is InChI=1S/C16H23FN2O2S.ClH/c1-12-9-14(17)10-13(2)15(12)22(20,21)19-8-5-16(11-19)3-6-18-7-4-16;/h9-10,18H,3-8,11H2,1-2H3;1H. The highest BCUT2D eigenvalue weighted by molar-refractivity contribution is 7.89. The van der Waals surface area contributed by atoms with Crippen molar-refractivity contribution in [1.29, 1.82) is 0 Å². The minimum absolute atomic E-state index is 0. The summed E-state index contributed by atoms with van der Waals surface area (Å²) in [5, 5.41) is 3.34. The molecule has 130 valence electrons. The van der Waals surface area contributed by atoms with Gasteiger partial charge in [0.15, 0.2) is 0 Å². The molecule has 3 rings (SSSR count). The van der Waals surface area contributed by atoms with Gasteiger partial charge in [-0.25, -0.2) is 12.8 Å². The molecule has 1 aromatic rings. The van der Waals surface area contributed by atoms with Gasteiger partial charge in [-0.3, -0.25) is 0 Å². The predicted molar refractivity (Wildman–Crippen MR) is 91.0 cm³/mol. The van der Waals surface area contributed by atoms with Gasteiger partial charge < -0.3 is 5.32 Å². The Kier molecular flexibility index (Phi) is 5.41. The molecule has 1 aromatic carbocycles. The summed E-state index contributed by atoms with van der Waals surface area (Å²) in [5.74, 6) is -0.384. The number of nitrogens with zero attached hydrogens (tertiary/aromatic N) is 1. The van der Waals surface area contributed by atoms with Crippen LogP contribution in [0.4, 0.5) is 4.39 Å². The van der Waals surface area contributed by atoms with Gasteiger partial charge in [0.1, 0.15) is 5.82 Å². The molecule has 0 saturated carbocycles. The third-order valence-electron chi connectivity index (χ3n) is 5.09. The molecule has 2 aliphatic rings. The van der Waals surface area contributed by atoms with E-state index in [2.05, 4.69) is 5.32 Å². The lowest BCUT2D eigenvalue weighted by molar-refractivity contribution is 0.218. The maximum absolute atomic E-state index is 13.4. The second-order valence-electron chi connectivity index (χ2n) is 6.71. The van der Waals surface area contributed by atoms with Crippen LogP contribution in [0.3, 0.4) is 0 Å². The summed E-state index contributed by atoms with van der Waals surface area (Å²) in [5.41, 5.74) is 1.10. The molecule has 4 nitrogen and oxygen atoms in total. The van der Waals surface area contributed by atoms with E-state index < -0.39 is 10.0 Å². The van der Waals surface area contributed by atoms with Crippen LogP contribution in [0.2, 0.25) is 0 Å². The Balaban J connectivity index is 0.00000192. The van der Waals surface area contributed by atoms with E-state index in [9.17, 15) is 12.8 Å². The molecular weight excluding hydrogens is 339 g/mol. The number of piperidine rings is 1. The molecule has 0 amide bonds. The smallest absolute Gasteiger partial charge is 0.243 e. The van der Waals surface area contributed by atoms with E-state index in [-0.39, 0.29) is 28.5 Å². The van der Waals surface area contributed by atoms with Crippen LogP contribution in [-0.2, 0) is 10.0 Å². The van der Waals surface area contributed by atoms with E-state index in [0.717, 1.165) is 32.4 Å². The first kappa shape index (κ1) is 18.6. The maximum atomic E-state index is 13.4. The lowest BCUT2D eigenvalue weighted by Crippen LogP contribution is -2.40. The average Bonchev–Trinajstić information content (AvgIpc) is 2.82. The van der Waals surface area contributed by atoms with Gasteiger partial charge in [0.2, 0.25) is 10.0 Å². The molecule has 0 radical (unpaired) electrons. The van der Waals surface area contributed by atoms with Crippen LogP contribution in [0.25, 0.3) is 0 Å². The summed E-state index contributed by atoms with van der Waals surface area (Å²) in [7, 11) is -3.55. The van der Waals surface area contributed by atoms with Gasteiger partial charge >= 0.3 is 0 Å². The number of nitrogens with one attached hydrogen (secondary N) is 1. The number of rotatable bonds is 2. The number of hydrogen-bond acceptors (Lipinski definition) is 3. The monoisotopic (exact) mass is 362 g/mol. The molecule has 2 aliphatic heterocycles. The normalized spacial score (nSPS) is 21.3. The lowest BCUT2D eigenvalue weighted by Gasteiger charge is -2.33. The zero-order chi connectivity index (χ0) is 16.0. The Morgan fingerprint density at radius 2 is 1.70 bits per heavy atom. The van der Waals surface area contributed by atoms with Crippen molar-refractivity contribution < 1.29 is 12.8 Å². The molecule has 23 heavy (non-hydrogen) atoms. The lowest BCUT2D eigenvalue weighted by atomic mass is 9.78. The molecule has 2 heterocycles. The summed E-state index contributed by atoms with van der Waals surface area (Å²) in [6.45, 7) is 6.41. The average molecular weight is 363 g/mol. The molecule has 0 unspecified atom stereocenters. The van der Waals surface area contributed by atoms with Gasteiger partial charge in [-0.15, -0.1) is 12.4 Å². The third kappa shape index (κ3) is 3.40. The van der Waals surface area contributed by atoms with Crippen molar-refractivity contribution in [3.05, 3.63) is 29.1 Å². The zero-order valence-electron chi connectivity index (χ0n) is 13.6. The largest absolute Gasteiger partial charge is 0.317 e. The van der Waals surface area contributed by atoms with Crippen molar-refractivity contribution in [2.75, 3.05) is 26.2 Å². The van der Waals surface area contributed by atoms with E-state index >= 15 is 0 Å². The van der Waals surface area contributed by atoms with E-state index in [4.69, 9.17) is 0 Å². The number of halogens is 2. The van der Waals surface area contributed by atoms with Gasteiger partial charge in [-0.05, 0) is 74.9 Å². The Morgan fingerprint density at radius 3 is 2.26 bits per heavy atom. The van der Waals surface area contributed by atoms with Crippen LogP contribution in [0.1, 0.15) is 30.4 Å². The van der Waals surface area contributed by atoms with Gasteiger partial charge in [0, 0.05) is 13.1 Å². The Hall–Kier alpha value is -0.690. The van der Waals surface area contributed by atoms with Gasteiger partial charge in [-0.1, -0.05) is 0 Å². The highest BCUT2D eigenvalue weighted by Gasteiger charge is 2.43. The first-order valence-electron chi connectivity index (χ1n) is 7.82. The number of sulfonamides is 1. The van der Waals surface area contributed by atoms with Crippen molar-refractivity contribution in [2.24, 2.45) is 5.41 Å². The van der Waals surface area contributed by atoms with E-state index in [0.29, 0.717) is 24.2 Å². The van der Waals surface area contributed by atoms with Crippen molar-refractivity contribution in [3.8, 4) is 0 Å². The van der Waals surface area contributed by atoms with Crippen molar-refractivity contribution in [2.45, 2.75) is 38.0 Å². The van der Waals surface area contributed by atoms with Crippen LogP contribution < -0.4 is 5.32 Å².